The van der Waals surface area contributed by atoms with E-state index in [2.05, 4.69) is 5.92 Å². The monoisotopic (exact) mass is 196 g/mol. The van der Waals surface area contributed by atoms with Crippen LogP contribution in [0.1, 0.15) is 11.7 Å². The van der Waals surface area contributed by atoms with E-state index in [0.717, 1.165) is 0 Å². The average Bonchev–Trinajstić information content (AvgIpc) is 2.16. The Hall–Kier alpha value is -1.17. The second-order valence-corrected chi connectivity index (χ2v) is 2.89. The third kappa shape index (κ3) is 2.15. The standard InChI is InChI=1S/C10H9ClO2/c1-3-9(12)8-5-4-7(11)6-10(8)13-2/h1,4-6,9,12H,2H3/t9-/m0/s1. The molecule has 0 aliphatic carbocycles. The number of rotatable bonds is 2. The molecule has 0 aliphatic heterocycles. The highest BCUT2D eigenvalue weighted by atomic mass is 35.5. The molecule has 1 rings (SSSR count). The van der Waals surface area contributed by atoms with Crippen molar-refractivity contribution >= 4 is 11.6 Å². The fourth-order valence-corrected chi connectivity index (χ4v) is 1.16. The lowest BCUT2D eigenvalue weighted by atomic mass is 10.1. The van der Waals surface area contributed by atoms with Gasteiger partial charge in [0.05, 0.1) is 7.11 Å². The topological polar surface area (TPSA) is 29.5 Å². The van der Waals surface area contributed by atoms with E-state index < -0.39 is 6.10 Å². The highest BCUT2D eigenvalue weighted by Crippen LogP contribution is 2.27. The molecule has 0 bridgehead atoms. The van der Waals surface area contributed by atoms with Gasteiger partial charge in [-0.05, 0) is 12.1 Å². The van der Waals surface area contributed by atoms with Gasteiger partial charge >= 0.3 is 0 Å². The zero-order valence-electron chi connectivity index (χ0n) is 7.12. The maximum absolute atomic E-state index is 9.37. The molecule has 0 saturated carbocycles. The molecule has 0 unspecified atom stereocenters. The van der Waals surface area contributed by atoms with Crippen molar-refractivity contribution in [3.63, 3.8) is 0 Å². The molecule has 0 aliphatic rings. The fourth-order valence-electron chi connectivity index (χ4n) is 1.00. The highest BCUT2D eigenvalue weighted by Gasteiger charge is 2.10. The third-order valence-electron chi connectivity index (χ3n) is 1.65. The Labute approximate surface area is 82.1 Å². The van der Waals surface area contributed by atoms with Crippen LogP contribution in [-0.2, 0) is 0 Å². The summed E-state index contributed by atoms with van der Waals surface area (Å²) in [6.07, 6.45) is 4.13. The van der Waals surface area contributed by atoms with Crippen molar-refractivity contribution in [3.8, 4) is 18.1 Å². The number of aliphatic hydroxyl groups is 1. The number of hydrogen-bond donors (Lipinski definition) is 1. The zero-order valence-corrected chi connectivity index (χ0v) is 7.88. The number of benzene rings is 1. The highest BCUT2D eigenvalue weighted by molar-refractivity contribution is 6.30. The maximum atomic E-state index is 9.37. The molecule has 1 aromatic carbocycles. The van der Waals surface area contributed by atoms with Crippen LogP contribution in [0, 0.1) is 12.3 Å². The number of terminal acetylenes is 1. The molecule has 0 fully saturated rings. The van der Waals surface area contributed by atoms with Gasteiger partial charge in [-0.2, -0.15) is 0 Å². The van der Waals surface area contributed by atoms with Crippen molar-refractivity contribution in [1.82, 2.24) is 0 Å². The predicted octanol–water partition coefficient (Wildman–Crippen LogP) is 2.02. The van der Waals surface area contributed by atoms with E-state index in [0.29, 0.717) is 16.3 Å². The zero-order chi connectivity index (χ0) is 9.84. The van der Waals surface area contributed by atoms with E-state index >= 15 is 0 Å². The quantitative estimate of drug-likeness (QED) is 0.734. The Bertz CT molecular complexity index is 341. The van der Waals surface area contributed by atoms with Gasteiger partial charge in [-0.1, -0.05) is 23.6 Å². The van der Waals surface area contributed by atoms with E-state index in [-0.39, 0.29) is 0 Å². The molecule has 2 nitrogen and oxygen atoms in total. The van der Waals surface area contributed by atoms with Crippen LogP contribution in [-0.4, -0.2) is 12.2 Å². The SMILES string of the molecule is C#C[C@H](O)c1ccc(Cl)cc1OC. The number of halogens is 1. The Morgan fingerprint density at radius 1 is 1.62 bits per heavy atom. The normalized spacial score (nSPS) is 11.8. The van der Waals surface area contributed by atoms with E-state index in [4.69, 9.17) is 22.8 Å². The van der Waals surface area contributed by atoms with Crippen LogP contribution in [0.4, 0.5) is 0 Å². The van der Waals surface area contributed by atoms with Crippen molar-refractivity contribution < 1.29 is 9.84 Å². The molecule has 3 heteroatoms. The van der Waals surface area contributed by atoms with E-state index in [1.807, 2.05) is 0 Å². The predicted molar refractivity (Wildman–Crippen MR) is 51.8 cm³/mol. The molecular weight excluding hydrogens is 188 g/mol. The van der Waals surface area contributed by atoms with Gasteiger partial charge in [0, 0.05) is 10.6 Å². The van der Waals surface area contributed by atoms with Gasteiger partial charge in [0.2, 0.25) is 0 Å². The van der Waals surface area contributed by atoms with Gasteiger partial charge in [-0.3, -0.25) is 0 Å². The molecule has 13 heavy (non-hydrogen) atoms. The molecule has 0 saturated heterocycles. The number of methoxy groups -OCH3 is 1. The van der Waals surface area contributed by atoms with Crippen LogP contribution in [0.25, 0.3) is 0 Å². The van der Waals surface area contributed by atoms with Crippen molar-refractivity contribution in [1.29, 1.82) is 0 Å². The summed E-state index contributed by atoms with van der Waals surface area (Å²) in [6, 6.07) is 4.91. The Kier molecular flexibility index (Phi) is 3.18. The van der Waals surface area contributed by atoms with Gasteiger partial charge in [0.1, 0.15) is 11.9 Å². The molecule has 0 heterocycles. The van der Waals surface area contributed by atoms with Gasteiger partial charge in [-0.15, -0.1) is 6.42 Å². The minimum absolute atomic E-state index is 0.498. The van der Waals surface area contributed by atoms with Gasteiger partial charge in [0.25, 0.3) is 0 Å². The molecule has 0 aromatic heterocycles. The van der Waals surface area contributed by atoms with Crippen LogP contribution in [0.15, 0.2) is 18.2 Å². The second-order valence-electron chi connectivity index (χ2n) is 2.46. The molecule has 1 aromatic rings. The molecule has 1 atom stereocenters. The summed E-state index contributed by atoms with van der Waals surface area (Å²) in [7, 11) is 1.50. The second kappa shape index (κ2) is 4.18. The Morgan fingerprint density at radius 2 is 2.31 bits per heavy atom. The summed E-state index contributed by atoms with van der Waals surface area (Å²) in [5.41, 5.74) is 0.550. The van der Waals surface area contributed by atoms with Crippen LogP contribution in [0.3, 0.4) is 0 Å². The van der Waals surface area contributed by atoms with E-state index in [1.165, 1.54) is 7.11 Å². The first-order valence-corrected chi connectivity index (χ1v) is 4.04. The summed E-state index contributed by atoms with van der Waals surface area (Å²) < 4.78 is 5.01. The Morgan fingerprint density at radius 3 is 2.85 bits per heavy atom. The van der Waals surface area contributed by atoms with Gasteiger partial charge < -0.3 is 9.84 Å². The molecular formula is C10H9ClO2. The van der Waals surface area contributed by atoms with Crippen molar-refractivity contribution in [2.75, 3.05) is 7.11 Å². The lowest BCUT2D eigenvalue weighted by Crippen LogP contribution is -1.97. The van der Waals surface area contributed by atoms with Gasteiger partial charge in [0.15, 0.2) is 0 Å². The fraction of sp³-hybridized carbons (Fsp3) is 0.200. The van der Waals surface area contributed by atoms with Crippen LogP contribution in [0.5, 0.6) is 5.75 Å². The van der Waals surface area contributed by atoms with Crippen molar-refractivity contribution in [3.05, 3.63) is 28.8 Å². The largest absolute Gasteiger partial charge is 0.496 e. The number of aliphatic hydroxyl groups excluding tert-OH is 1. The lowest BCUT2D eigenvalue weighted by molar-refractivity contribution is 0.232. The summed E-state index contributed by atoms with van der Waals surface area (Å²) in [5.74, 6) is 2.71. The minimum atomic E-state index is -0.952. The first-order valence-electron chi connectivity index (χ1n) is 3.66. The maximum Gasteiger partial charge on any atom is 0.143 e. The van der Waals surface area contributed by atoms with Crippen molar-refractivity contribution in [2.45, 2.75) is 6.10 Å². The van der Waals surface area contributed by atoms with Crippen molar-refractivity contribution in [2.24, 2.45) is 0 Å². The van der Waals surface area contributed by atoms with Gasteiger partial charge in [-0.25, -0.2) is 0 Å². The number of hydrogen-bond acceptors (Lipinski definition) is 2. The van der Waals surface area contributed by atoms with E-state index in [1.54, 1.807) is 18.2 Å². The smallest absolute Gasteiger partial charge is 0.143 e. The first-order chi connectivity index (χ1) is 6.19. The van der Waals surface area contributed by atoms with Crippen LogP contribution < -0.4 is 4.74 Å². The minimum Gasteiger partial charge on any atom is -0.496 e. The molecule has 0 amide bonds. The lowest BCUT2D eigenvalue weighted by Gasteiger charge is -2.09. The Balaban J connectivity index is 3.15. The third-order valence-corrected chi connectivity index (χ3v) is 1.88. The summed E-state index contributed by atoms with van der Waals surface area (Å²) in [4.78, 5) is 0. The summed E-state index contributed by atoms with van der Waals surface area (Å²) >= 11 is 5.73. The first kappa shape index (κ1) is 9.91. The summed E-state index contributed by atoms with van der Waals surface area (Å²) in [5, 5.41) is 9.92. The molecule has 0 radical (unpaired) electrons. The van der Waals surface area contributed by atoms with Crippen LogP contribution in [0.2, 0.25) is 5.02 Å². The summed E-state index contributed by atoms with van der Waals surface area (Å²) in [6.45, 7) is 0. The molecule has 0 spiro atoms. The van der Waals surface area contributed by atoms with Crippen LogP contribution >= 0.6 is 11.6 Å². The van der Waals surface area contributed by atoms with E-state index in [9.17, 15) is 5.11 Å². The average molecular weight is 197 g/mol. The molecule has 68 valence electrons. The number of ether oxygens (including phenoxy) is 1. The molecule has 1 N–H and O–H groups in total.